The number of carbonyl (C=O) groups is 1. The molecular formula is C15H15N5O2S. The maximum Gasteiger partial charge on any atom is 0.322 e. The van der Waals surface area contributed by atoms with Crippen LogP contribution in [0.5, 0.6) is 0 Å². The standard InChI is InChI=1S/C15H15N5O2S/c1-9-16-12(8-23-9)14-18-19-15(22-14)17-13(21)10-4-6-11(7-5-10)20(2)3/h4-8H,1-3H3,(H,17,19,21). The SMILES string of the molecule is Cc1nc(-c2nnc(NC(=O)c3ccc(N(C)C)cc3)o2)cs1. The Balaban J connectivity index is 1.72. The van der Waals surface area contributed by atoms with Crippen LogP contribution in [0, 0.1) is 6.92 Å². The van der Waals surface area contributed by atoms with Gasteiger partial charge in [0.25, 0.3) is 11.8 Å². The summed E-state index contributed by atoms with van der Waals surface area (Å²) in [5, 5.41) is 13.0. The molecule has 7 nitrogen and oxygen atoms in total. The number of anilines is 2. The number of hydrogen-bond donors (Lipinski definition) is 1. The van der Waals surface area contributed by atoms with Crippen molar-refractivity contribution in [3.05, 3.63) is 40.2 Å². The van der Waals surface area contributed by atoms with Crippen molar-refractivity contribution < 1.29 is 9.21 Å². The molecule has 0 aliphatic heterocycles. The summed E-state index contributed by atoms with van der Waals surface area (Å²) in [6.07, 6.45) is 0. The molecule has 8 heteroatoms. The molecule has 23 heavy (non-hydrogen) atoms. The van der Waals surface area contributed by atoms with Crippen LogP contribution in [0.25, 0.3) is 11.6 Å². The normalized spacial score (nSPS) is 10.6. The van der Waals surface area contributed by atoms with Crippen LogP contribution in [0.1, 0.15) is 15.4 Å². The van der Waals surface area contributed by atoms with Crippen LogP contribution in [-0.2, 0) is 0 Å². The maximum absolute atomic E-state index is 12.2. The Morgan fingerprint density at radius 3 is 2.57 bits per heavy atom. The third-order valence-electron chi connectivity index (χ3n) is 3.13. The highest BCUT2D eigenvalue weighted by Crippen LogP contribution is 2.22. The van der Waals surface area contributed by atoms with Gasteiger partial charge >= 0.3 is 6.01 Å². The van der Waals surface area contributed by atoms with E-state index in [1.54, 1.807) is 12.1 Å². The summed E-state index contributed by atoms with van der Waals surface area (Å²) in [5.74, 6) is -0.0208. The molecule has 0 spiro atoms. The van der Waals surface area contributed by atoms with E-state index in [1.165, 1.54) is 11.3 Å². The van der Waals surface area contributed by atoms with Crippen molar-refractivity contribution in [1.82, 2.24) is 15.2 Å². The van der Waals surface area contributed by atoms with Crippen molar-refractivity contribution in [1.29, 1.82) is 0 Å². The smallest absolute Gasteiger partial charge is 0.322 e. The second-order valence-electron chi connectivity index (χ2n) is 5.06. The van der Waals surface area contributed by atoms with Gasteiger partial charge in [0.1, 0.15) is 5.69 Å². The van der Waals surface area contributed by atoms with E-state index < -0.39 is 0 Å². The highest BCUT2D eigenvalue weighted by molar-refractivity contribution is 7.09. The first-order chi connectivity index (χ1) is 11.0. The number of aromatic nitrogens is 3. The third-order valence-corrected chi connectivity index (χ3v) is 3.90. The molecule has 0 saturated heterocycles. The predicted octanol–water partition coefficient (Wildman–Crippen LogP) is 2.82. The largest absolute Gasteiger partial charge is 0.401 e. The minimum absolute atomic E-state index is 0.0485. The number of benzene rings is 1. The van der Waals surface area contributed by atoms with Gasteiger partial charge in [-0.3, -0.25) is 10.1 Å². The number of nitrogens with one attached hydrogen (secondary N) is 1. The fourth-order valence-corrected chi connectivity index (χ4v) is 2.51. The highest BCUT2D eigenvalue weighted by atomic mass is 32.1. The van der Waals surface area contributed by atoms with Crippen molar-refractivity contribution in [2.45, 2.75) is 6.92 Å². The van der Waals surface area contributed by atoms with E-state index in [-0.39, 0.29) is 17.8 Å². The molecule has 1 N–H and O–H groups in total. The minimum atomic E-state index is -0.306. The number of aryl methyl sites for hydroxylation is 1. The quantitative estimate of drug-likeness (QED) is 0.792. The van der Waals surface area contributed by atoms with Crippen LogP contribution in [0.2, 0.25) is 0 Å². The van der Waals surface area contributed by atoms with Crippen molar-refractivity contribution in [3.63, 3.8) is 0 Å². The molecule has 0 saturated carbocycles. The number of rotatable bonds is 4. The fourth-order valence-electron chi connectivity index (χ4n) is 1.92. The fraction of sp³-hybridized carbons (Fsp3) is 0.200. The van der Waals surface area contributed by atoms with Gasteiger partial charge in [-0.05, 0) is 31.2 Å². The Morgan fingerprint density at radius 2 is 1.96 bits per heavy atom. The molecule has 0 bridgehead atoms. The lowest BCUT2D eigenvalue weighted by atomic mass is 10.2. The first-order valence-electron chi connectivity index (χ1n) is 6.87. The summed E-state index contributed by atoms with van der Waals surface area (Å²) in [6.45, 7) is 1.89. The third kappa shape index (κ3) is 3.37. The number of carbonyl (C=O) groups excluding carboxylic acids is 1. The van der Waals surface area contributed by atoms with E-state index in [2.05, 4.69) is 20.5 Å². The molecule has 0 atom stereocenters. The molecule has 0 radical (unpaired) electrons. The van der Waals surface area contributed by atoms with E-state index >= 15 is 0 Å². The van der Waals surface area contributed by atoms with Gasteiger partial charge in [-0.25, -0.2) is 4.98 Å². The molecule has 2 heterocycles. The number of nitrogens with zero attached hydrogens (tertiary/aromatic N) is 4. The molecule has 2 aromatic heterocycles. The topological polar surface area (TPSA) is 84.2 Å². The summed E-state index contributed by atoms with van der Waals surface area (Å²) < 4.78 is 5.42. The van der Waals surface area contributed by atoms with Gasteiger partial charge in [0.15, 0.2) is 0 Å². The number of thiazole rings is 1. The van der Waals surface area contributed by atoms with Crippen LogP contribution in [0.4, 0.5) is 11.7 Å². The van der Waals surface area contributed by atoms with Gasteiger partial charge in [-0.2, -0.15) is 0 Å². The predicted molar refractivity (Wildman–Crippen MR) is 88.9 cm³/mol. The van der Waals surface area contributed by atoms with Gasteiger partial charge in [0, 0.05) is 30.7 Å². The molecule has 3 aromatic rings. The highest BCUT2D eigenvalue weighted by Gasteiger charge is 2.14. The molecule has 0 unspecified atom stereocenters. The lowest BCUT2D eigenvalue weighted by Gasteiger charge is -2.12. The summed E-state index contributed by atoms with van der Waals surface area (Å²) in [4.78, 5) is 18.4. The van der Waals surface area contributed by atoms with Gasteiger partial charge in [0.05, 0.1) is 5.01 Å². The van der Waals surface area contributed by atoms with Crippen LogP contribution >= 0.6 is 11.3 Å². The lowest BCUT2D eigenvalue weighted by Crippen LogP contribution is -2.13. The molecular weight excluding hydrogens is 314 g/mol. The molecule has 0 aliphatic carbocycles. The minimum Gasteiger partial charge on any atom is -0.401 e. The Kier molecular flexibility index (Phi) is 4.07. The van der Waals surface area contributed by atoms with E-state index in [0.717, 1.165) is 10.7 Å². The van der Waals surface area contributed by atoms with E-state index in [4.69, 9.17) is 4.42 Å². The average molecular weight is 329 g/mol. The zero-order chi connectivity index (χ0) is 16.4. The van der Waals surface area contributed by atoms with Gasteiger partial charge < -0.3 is 9.32 Å². The zero-order valence-corrected chi connectivity index (χ0v) is 13.7. The monoisotopic (exact) mass is 329 g/mol. The molecule has 3 rings (SSSR count). The van der Waals surface area contributed by atoms with Crippen molar-refractivity contribution in [2.24, 2.45) is 0 Å². The Bertz CT molecular complexity index is 823. The van der Waals surface area contributed by atoms with E-state index in [0.29, 0.717) is 11.3 Å². The van der Waals surface area contributed by atoms with Crippen LogP contribution < -0.4 is 10.2 Å². The summed E-state index contributed by atoms with van der Waals surface area (Å²) in [6, 6.07) is 7.27. The average Bonchev–Trinajstić information content (AvgIpc) is 3.16. The van der Waals surface area contributed by atoms with Crippen molar-refractivity contribution in [2.75, 3.05) is 24.3 Å². The molecule has 1 amide bonds. The second kappa shape index (κ2) is 6.17. The van der Waals surface area contributed by atoms with Crippen LogP contribution in [-0.4, -0.2) is 35.2 Å². The Morgan fingerprint density at radius 1 is 1.22 bits per heavy atom. The Hall–Kier alpha value is -2.74. The van der Waals surface area contributed by atoms with Crippen LogP contribution in [0.15, 0.2) is 34.1 Å². The molecule has 118 valence electrons. The Labute approximate surface area is 137 Å². The molecule has 0 fully saturated rings. The lowest BCUT2D eigenvalue weighted by molar-refractivity contribution is 0.102. The molecule has 1 aromatic carbocycles. The maximum atomic E-state index is 12.2. The number of amides is 1. The van der Waals surface area contributed by atoms with Gasteiger partial charge in [0.2, 0.25) is 0 Å². The molecule has 0 aliphatic rings. The second-order valence-corrected chi connectivity index (χ2v) is 6.12. The summed E-state index contributed by atoms with van der Waals surface area (Å²) in [5.41, 5.74) is 2.14. The first-order valence-corrected chi connectivity index (χ1v) is 7.75. The van der Waals surface area contributed by atoms with Crippen LogP contribution in [0.3, 0.4) is 0 Å². The number of hydrogen-bond acceptors (Lipinski definition) is 7. The van der Waals surface area contributed by atoms with Gasteiger partial charge in [-0.15, -0.1) is 16.4 Å². The zero-order valence-electron chi connectivity index (χ0n) is 12.9. The van der Waals surface area contributed by atoms with E-state index in [9.17, 15) is 4.79 Å². The summed E-state index contributed by atoms with van der Waals surface area (Å²) in [7, 11) is 3.88. The van der Waals surface area contributed by atoms with E-state index in [1.807, 2.05) is 43.4 Å². The van der Waals surface area contributed by atoms with Crippen molar-refractivity contribution >= 4 is 28.9 Å². The van der Waals surface area contributed by atoms with Gasteiger partial charge in [-0.1, -0.05) is 5.10 Å². The first kappa shape index (κ1) is 15.2. The van der Waals surface area contributed by atoms with Crippen molar-refractivity contribution in [3.8, 4) is 11.6 Å². The summed E-state index contributed by atoms with van der Waals surface area (Å²) >= 11 is 1.49.